The van der Waals surface area contributed by atoms with E-state index in [0.717, 1.165) is 26.2 Å². The standard InChI is InChI=1S/C21H27N5O3/c1-29-19-9-7-17(8-10-19)22-21(28)24-23-20(27)11-12-25-13-15-26(16-14-25)18-5-3-2-4-6-18/h2-10H,11-16H2,1H3,(H,23,27)(H2,22,24,28). The van der Waals surface area contributed by atoms with Crippen LogP contribution in [0.1, 0.15) is 6.42 Å². The number of carbonyl (C=O) groups is 2. The predicted octanol–water partition coefficient (Wildman–Crippen LogP) is 2.06. The smallest absolute Gasteiger partial charge is 0.337 e. The number of piperazine rings is 1. The van der Waals surface area contributed by atoms with Gasteiger partial charge in [0.15, 0.2) is 0 Å². The number of ether oxygens (including phenoxy) is 1. The number of carbonyl (C=O) groups excluding carboxylic acids is 2. The van der Waals surface area contributed by atoms with Gasteiger partial charge >= 0.3 is 6.03 Å². The van der Waals surface area contributed by atoms with Gasteiger partial charge in [0.25, 0.3) is 0 Å². The minimum absolute atomic E-state index is 0.222. The maximum absolute atomic E-state index is 12.0. The van der Waals surface area contributed by atoms with Gasteiger partial charge in [0.2, 0.25) is 5.91 Å². The second kappa shape index (κ2) is 10.3. The molecule has 1 saturated heterocycles. The zero-order valence-electron chi connectivity index (χ0n) is 16.6. The number of methoxy groups -OCH3 is 1. The summed E-state index contributed by atoms with van der Waals surface area (Å²) in [7, 11) is 1.58. The monoisotopic (exact) mass is 397 g/mol. The molecule has 154 valence electrons. The summed E-state index contributed by atoms with van der Waals surface area (Å²) in [5.74, 6) is 0.481. The summed E-state index contributed by atoms with van der Waals surface area (Å²) in [6.45, 7) is 4.36. The summed E-state index contributed by atoms with van der Waals surface area (Å²) >= 11 is 0. The van der Waals surface area contributed by atoms with Crippen LogP contribution in [0.2, 0.25) is 0 Å². The van der Waals surface area contributed by atoms with Crippen molar-refractivity contribution in [2.24, 2.45) is 0 Å². The van der Waals surface area contributed by atoms with Crippen molar-refractivity contribution in [2.75, 3.05) is 50.1 Å². The Morgan fingerprint density at radius 1 is 0.931 bits per heavy atom. The van der Waals surface area contributed by atoms with Crippen LogP contribution in [-0.2, 0) is 4.79 Å². The number of hydrazine groups is 1. The maximum atomic E-state index is 12.0. The molecule has 0 radical (unpaired) electrons. The highest BCUT2D eigenvalue weighted by Crippen LogP contribution is 2.16. The first-order valence-electron chi connectivity index (χ1n) is 9.66. The van der Waals surface area contributed by atoms with Gasteiger partial charge < -0.3 is 15.0 Å². The molecule has 3 amide bonds. The molecule has 8 nitrogen and oxygen atoms in total. The Morgan fingerprint density at radius 3 is 2.28 bits per heavy atom. The fourth-order valence-electron chi connectivity index (χ4n) is 3.15. The molecule has 1 aliphatic heterocycles. The first-order valence-corrected chi connectivity index (χ1v) is 9.66. The van der Waals surface area contributed by atoms with Crippen molar-refractivity contribution in [2.45, 2.75) is 6.42 Å². The maximum Gasteiger partial charge on any atom is 0.337 e. The summed E-state index contributed by atoms with van der Waals surface area (Å²) in [6.07, 6.45) is 0.328. The Balaban J connectivity index is 1.31. The van der Waals surface area contributed by atoms with Gasteiger partial charge in [-0.15, -0.1) is 0 Å². The largest absolute Gasteiger partial charge is 0.497 e. The van der Waals surface area contributed by atoms with Crippen LogP contribution in [0.25, 0.3) is 0 Å². The minimum atomic E-state index is -0.500. The lowest BCUT2D eigenvalue weighted by molar-refractivity contribution is -0.122. The van der Waals surface area contributed by atoms with Gasteiger partial charge in [0.05, 0.1) is 7.11 Å². The van der Waals surface area contributed by atoms with Crippen molar-refractivity contribution < 1.29 is 14.3 Å². The summed E-state index contributed by atoms with van der Waals surface area (Å²) in [5.41, 5.74) is 6.64. The van der Waals surface area contributed by atoms with E-state index >= 15 is 0 Å². The average molecular weight is 397 g/mol. The first-order chi connectivity index (χ1) is 14.1. The van der Waals surface area contributed by atoms with Gasteiger partial charge in [-0.2, -0.15) is 0 Å². The lowest BCUT2D eigenvalue weighted by atomic mass is 10.2. The minimum Gasteiger partial charge on any atom is -0.497 e. The highest BCUT2D eigenvalue weighted by atomic mass is 16.5. The van der Waals surface area contributed by atoms with Gasteiger partial charge in [-0.05, 0) is 36.4 Å². The molecule has 3 rings (SSSR count). The third-order valence-electron chi connectivity index (χ3n) is 4.81. The van der Waals surface area contributed by atoms with Crippen LogP contribution in [-0.4, -0.2) is 56.7 Å². The molecule has 2 aromatic rings. The molecule has 0 saturated carbocycles. The van der Waals surface area contributed by atoms with E-state index in [-0.39, 0.29) is 5.91 Å². The SMILES string of the molecule is COc1ccc(NC(=O)NNC(=O)CCN2CCN(c3ccccc3)CC2)cc1. The number of amides is 3. The van der Waals surface area contributed by atoms with Crippen LogP contribution < -0.4 is 25.8 Å². The summed E-state index contributed by atoms with van der Waals surface area (Å²) in [4.78, 5) is 28.5. The van der Waals surface area contributed by atoms with Crippen LogP contribution >= 0.6 is 0 Å². The summed E-state index contributed by atoms with van der Waals surface area (Å²) in [5, 5.41) is 2.64. The zero-order valence-corrected chi connectivity index (χ0v) is 16.6. The third-order valence-corrected chi connectivity index (χ3v) is 4.81. The van der Waals surface area contributed by atoms with Crippen molar-refractivity contribution in [3.63, 3.8) is 0 Å². The van der Waals surface area contributed by atoms with E-state index in [0.29, 0.717) is 24.4 Å². The Bertz CT molecular complexity index is 790. The molecule has 1 heterocycles. The average Bonchev–Trinajstić information content (AvgIpc) is 2.78. The molecule has 0 aliphatic carbocycles. The number of nitrogens with one attached hydrogen (secondary N) is 3. The quantitative estimate of drug-likeness (QED) is 0.650. The van der Waals surface area contributed by atoms with Crippen molar-refractivity contribution in [3.8, 4) is 5.75 Å². The second-order valence-electron chi connectivity index (χ2n) is 6.77. The molecule has 0 bridgehead atoms. The highest BCUT2D eigenvalue weighted by molar-refractivity contribution is 5.90. The van der Waals surface area contributed by atoms with Crippen LogP contribution in [0.5, 0.6) is 5.75 Å². The zero-order chi connectivity index (χ0) is 20.5. The number of hydrogen-bond donors (Lipinski definition) is 3. The van der Waals surface area contributed by atoms with Crippen molar-refractivity contribution in [1.29, 1.82) is 0 Å². The summed E-state index contributed by atoms with van der Waals surface area (Å²) < 4.78 is 5.07. The van der Waals surface area contributed by atoms with Crippen LogP contribution in [0.15, 0.2) is 54.6 Å². The van der Waals surface area contributed by atoms with Crippen LogP contribution in [0, 0.1) is 0 Å². The second-order valence-corrected chi connectivity index (χ2v) is 6.77. The Morgan fingerprint density at radius 2 is 1.62 bits per heavy atom. The van der Waals surface area contributed by atoms with Crippen molar-refractivity contribution >= 4 is 23.3 Å². The predicted molar refractivity (Wildman–Crippen MR) is 113 cm³/mol. The molecular formula is C21H27N5O3. The molecule has 8 heteroatoms. The number of benzene rings is 2. The van der Waals surface area contributed by atoms with Crippen LogP contribution in [0.3, 0.4) is 0 Å². The summed E-state index contributed by atoms with van der Waals surface area (Å²) in [6, 6.07) is 16.8. The Labute approximate surface area is 170 Å². The van der Waals surface area contributed by atoms with Gasteiger partial charge in [-0.1, -0.05) is 18.2 Å². The topological polar surface area (TPSA) is 85.9 Å². The van der Waals surface area contributed by atoms with E-state index in [1.165, 1.54) is 5.69 Å². The van der Waals surface area contributed by atoms with E-state index < -0.39 is 6.03 Å². The molecule has 0 unspecified atom stereocenters. The van der Waals surface area contributed by atoms with E-state index in [1.807, 2.05) is 18.2 Å². The molecule has 1 fully saturated rings. The Hall–Kier alpha value is -3.26. The fourth-order valence-corrected chi connectivity index (χ4v) is 3.15. The van der Waals surface area contributed by atoms with Gasteiger partial charge in [-0.3, -0.25) is 15.1 Å². The molecule has 0 atom stereocenters. The van der Waals surface area contributed by atoms with Gasteiger partial charge in [0.1, 0.15) is 5.75 Å². The molecule has 1 aliphatic rings. The molecule has 0 aromatic heterocycles. The van der Waals surface area contributed by atoms with Crippen molar-refractivity contribution in [1.82, 2.24) is 15.8 Å². The lowest BCUT2D eigenvalue weighted by Crippen LogP contribution is -2.48. The van der Waals surface area contributed by atoms with Gasteiger partial charge in [-0.25, -0.2) is 10.2 Å². The molecule has 3 N–H and O–H groups in total. The number of anilines is 2. The number of rotatable bonds is 6. The van der Waals surface area contributed by atoms with Crippen LogP contribution in [0.4, 0.5) is 16.2 Å². The molecule has 0 spiro atoms. The third kappa shape index (κ3) is 6.39. The fraction of sp³-hybridized carbons (Fsp3) is 0.333. The molecule has 2 aromatic carbocycles. The molecule has 29 heavy (non-hydrogen) atoms. The van der Waals surface area contributed by atoms with E-state index in [1.54, 1.807) is 31.4 Å². The highest BCUT2D eigenvalue weighted by Gasteiger charge is 2.17. The number of para-hydroxylation sites is 1. The van der Waals surface area contributed by atoms with E-state index in [9.17, 15) is 9.59 Å². The lowest BCUT2D eigenvalue weighted by Gasteiger charge is -2.36. The first kappa shape index (κ1) is 20.5. The van der Waals surface area contributed by atoms with E-state index in [2.05, 4.69) is 38.1 Å². The Kier molecular flexibility index (Phi) is 7.29. The number of hydrogen-bond acceptors (Lipinski definition) is 5. The normalized spacial score (nSPS) is 14.2. The molecular weight excluding hydrogens is 370 g/mol. The van der Waals surface area contributed by atoms with Crippen molar-refractivity contribution in [3.05, 3.63) is 54.6 Å². The van der Waals surface area contributed by atoms with Gasteiger partial charge in [0, 0.05) is 50.5 Å². The number of nitrogens with zero attached hydrogens (tertiary/aromatic N) is 2. The van der Waals surface area contributed by atoms with E-state index in [4.69, 9.17) is 4.74 Å². The number of urea groups is 1.